The van der Waals surface area contributed by atoms with E-state index in [1.165, 1.54) is 0 Å². The van der Waals surface area contributed by atoms with Gasteiger partial charge in [-0.25, -0.2) is 0 Å². The van der Waals surface area contributed by atoms with E-state index in [0.717, 1.165) is 16.7 Å². The van der Waals surface area contributed by atoms with E-state index in [1.807, 2.05) is 42.5 Å². The third-order valence-electron chi connectivity index (χ3n) is 2.56. The number of phenols is 1. The van der Waals surface area contributed by atoms with Gasteiger partial charge >= 0.3 is 0 Å². The molecule has 0 bridgehead atoms. The standard InChI is InChI=1S/C15H14O/c1-2-6-13-9-10-14(11-15(13)16)12-7-4-3-5-8-12/h2-5,7-11,16H,1,6H2. The van der Waals surface area contributed by atoms with Gasteiger partial charge in [0.05, 0.1) is 0 Å². The van der Waals surface area contributed by atoms with Crippen molar-refractivity contribution in [2.24, 2.45) is 0 Å². The summed E-state index contributed by atoms with van der Waals surface area (Å²) in [5, 5.41) is 9.84. The second kappa shape index (κ2) is 4.67. The average molecular weight is 210 g/mol. The molecule has 80 valence electrons. The van der Waals surface area contributed by atoms with Crippen molar-refractivity contribution in [2.75, 3.05) is 0 Å². The van der Waals surface area contributed by atoms with Crippen LogP contribution < -0.4 is 0 Å². The number of hydrogen-bond acceptors (Lipinski definition) is 1. The summed E-state index contributed by atoms with van der Waals surface area (Å²) in [6.07, 6.45) is 2.48. The highest BCUT2D eigenvalue weighted by atomic mass is 16.3. The summed E-state index contributed by atoms with van der Waals surface area (Å²) < 4.78 is 0. The first-order valence-corrected chi connectivity index (χ1v) is 5.29. The first-order chi connectivity index (χ1) is 7.81. The average Bonchev–Trinajstić information content (AvgIpc) is 2.33. The van der Waals surface area contributed by atoms with Gasteiger partial charge in [0.2, 0.25) is 0 Å². The Morgan fingerprint density at radius 3 is 2.38 bits per heavy atom. The van der Waals surface area contributed by atoms with Crippen molar-refractivity contribution in [3.63, 3.8) is 0 Å². The second-order valence-electron chi connectivity index (χ2n) is 3.70. The van der Waals surface area contributed by atoms with Crippen LogP contribution in [0.1, 0.15) is 5.56 Å². The lowest BCUT2D eigenvalue weighted by molar-refractivity contribution is 0.470. The highest BCUT2D eigenvalue weighted by Gasteiger charge is 2.02. The highest BCUT2D eigenvalue weighted by Crippen LogP contribution is 2.26. The van der Waals surface area contributed by atoms with E-state index in [1.54, 1.807) is 12.1 Å². The number of benzene rings is 2. The summed E-state index contributed by atoms with van der Waals surface area (Å²) >= 11 is 0. The second-order valence-corrected chi connectivity index (χ2v) is 3.70. The lowest BCUT2D eigenvalue weighted by atomic mass is 10.0. The van der Waals surface area contributed by atoms with Crippen molar-refractivity contribution in [3.8, 4) is 16.9 Å². The highest BCUT2D eigenvalue weighted by molar-refractivity contribution is 5.65. The Morgan fingerprint density at radius 2 is 1.75 bits per heavy atom. The molecule has 2 aromatic carbocycles. The van der Waals surface area contributed by atoms with Crippen LogP contribution >= 0.6 is 0 Å². The zero-order chi connectivity index (χ0) is 11.4. The SMILES string of the molecule is C=CCc1ccc(-c2ccccc2)cc1O. The van der Waals surface area contributed by atoms with E-state index in [2.05, 4.69) is 6.58 Å². The Labute approximate surface area is 95.7 Å². The van der Waals surface area contributed by atoms with Gasteiger partial charge in [0.1, 0.15) is 5.75 Å². The van der Waals surface area contributed by atoms with E-state index in [4.69, 9.17) is 0 Å². The monoisotopic (exact) mass is 210 g/mol. The largest absolute Gasteiger partial charge is 0.508 e. The van der Waals surface area contributed by atoms with Crippen LogP contribution in [0.15, 0.2) is 61.2 Å². The Kier molecular flexibility index (Phi) is 3.06. The van der Waals surface area contributed by atoms with Gasteiger partial charge in [0, 0.05) is 0 Å². The molecule has 0 saturated heterocycles. The molecule has 2 aromatic rings. The summed E-state index contributed by atoms with van der Waals surface area (Å²) in [6, 6.07) is 15.8. The molecule has 0 aliphatic carbocycles. The molecule has 0 aliphatic heterocycles. The molecule has 1 heteroatoms. The van der Waals surface area contributed by atoms with E-state index in [-0.39, 0.29) is 0 Å². The molecule has 0 unspecified atom stereocenters. The molecule has 0 fully saturated rings. The molecule has 0 amide bonds. The molecule has 1 N–H and O–H groups in total. The van der Waals surface area contributed by atoms with Crippen LogP contribution in [0.5, 0.6) is 5.75 Å². The van der Waals surface area contributed by atoms with E-state index < -0.39 is 0 Å². The number of rotatable bonds is 3. The maximum atomic E-state index is 9.84. The molecule has 0 aromatic heterocycles. The minimum absolute atomic E-state index is 0.334. The topological polar surface area (TPSA) is 20.2 Å². The maximum Gasteiger partial charge on any atom is 0.119 e. The Bertz CT molecular complexity index is 486. The minimum atomic E-state index is 0.334. The molecule has 0 atom stereocenters. The van der Waals surface area contributed by atoms with Crippen LogP contribution in [0.4, 0.5) is 0 Å². The van der Waals surface area contributed by atoms with Crippen LogP contribution in [0.3, 0.4) is 0 Å². The molecule has 1 nitrogen and oxygen atoms in total. The van der Waals surface area contributed by atoms with Gasteiger partial charge in [-0.15, -0.1) is 6.58 Å². The van der Waals surface area contributed by atoms with Crippen molar-refractivity contribution in [2.45, 2.75) is 6.42 Å². The Balaban J connectivity index is 2.38. The van der Waals surface area contributed by atoms with Crippen LogP contribution in [0.2, 0.25) is 0 Å². The molecule has 0 saturated carbocycles. The molecule has 0 radical (unpaired) electrons. The molecular formula is C15H14O. The third-order valence-corrected chi connectivity index (χ3v) is 2.56. The first-order valence-electron chi connectivity index (χ1n) is 5.29. The molecule has 2 rings (SSSR count). The summed E-state index contributed by atoms with van der Waals surface area (Å²) in [5.41, 5.74) is 3.06. The van der Waals surface area contributed by atoms with Crippen molar-refractivity contribution >= 4 is 0 Å². The van der Waals surface area contributed by atoms with Gasteiger partial charge in [-0.2, -0.15) is 0 Å². The zero-order valence-electron chi connectivity index (χ0n) is 9.06. The summed E-state index contributed by atoms with van der Waals surface area (Å²) in [6.45, 7) is 3.67. The van der Waals surface area contributed by atoms with E-state index in [9.17, 15) is 5.11 Å². The van der Waals surface area contributed by atoms with Crippen molar-refractivity contribution in [1.29, 1.82) is 0 Å². The van der Waals surface area contributed by atoms with Gasteiger partial charge in [0.25, 0.3) is 0 Å². The normalized spacial score (nSPS) is 10.0. The van der Waals surface area contributed by atoms with Crippen molar-refractivity contribution < 1.29 is 5.11 Å². The van der Waals surface area contributed by atoms with Crippen molar-refractivity contribution in [3.05, 3.63) is 66.7 Å². The Hall–Kier alpha value is -2.02. The van der Waals surface area contributed by atoms with Crippen LogP contribution in [-0.2, 0) is 6.42 Å². The molecule has 0 heterocycles. The number of allylic oxidation sites excluding steroid dienone is 1. The third kappa shape index (κ3) is 2.14. The molecule has 0 spiro atoms. The number of phenolic OH excluding ortho intramolecular Hbond substituents is 1. The van der Waals surface area contributed by atoms with Crippen molar-refractivity contribution in [1.82, 2.24) is 0 Å². The fourth-order valence-electron chi connectivity index (χ4n) is 1.70. The summed E-state index contributed by atoms with van der Waals surface area (Å²) in [4.78, 5) is 0. The van der Waals surface area contributed by atoms with Crippen LogP contribution in [0.25, 0.3) is 11.1 Å². The maximum absolute atomic E-state index is 9.84. The van der Waals surface area contributed by atoms with Gasteiger partial charge in [-0.05, 0) is 29.2 Å². The fourth-order valence-corrected chi connectivity index (χ4v) is 1.70. The lowest BCUT2D eigenvalue weighted by Gasteiger charge is -2.05. The summed E-state index contributed by atoms with van der Waals surface area (Å²) in [5.74, 6) is 0.334. The van der Waals surface area contributed by atoms with Gasteiger partial charge in [-0.3, -0.25) is 0 Å². The van der Waals surface area contributed by atoms with Crippen LogP contribution in [0, 0.1) is 0 Å². The summed E-state index contributed by atoms with van der Waals surface area (Å²) in [7, 11) is 0. The lowest BCUT2D eigenvalue weighted by Crippen LogP contribution is -1.84. The molecule has 0 aliphatic rings. The molecule has 16 heavy (non-hydrogen) atoms. The molecular weight excluding hydrogens is 196 g/mol. The predicted molar refractivity (Wildman–Crippen MR) is 67.4 cm³/mol. The zero-order valence-corrected chi connectivity index (χ0v) is 9.06. The first kappa shape index (κ1) is 10.5. The quantitative estimate of drug-likeness (QED) is 0.764. The smallest absolute Gasteiger partial charge is 0.119 e. The minimum Gasteiger partial charge on any atom is -0.508 e. The van der Waals surface area contributed by atoms with E-state index >= 15 is 0 Å². The number of hydrogen-bond donors (Lipinski definition) is 1. The number of aromatic hydroxyl groups is 1. The van der Waals surface area contributed by atoms with Crippen LogP contribution in [-0.4, -0.2) is 5.11 Å². The Morgan fingerprint density at radius 1 is 1.00 bits per heavy atom. The van der Waals surface area contributed by atoms with E-state index in [0.29, 0.717) is 12.2 Å². The fraction of sp³-hybridized carbons (Fsp3) is 0.0667. The predicted octanol–water partition coefficient (Wildman–Crippen LogP) is 3.79. The van der Waals surface area contributed by atoms with Gasteiger partial charge < -0.3 is 5.11 Å². The van der Waals surface area contributed by atoms with Gasteiger partial charge in [0.15, 0.2) is 0 Å². The van der Waals surface area contributed by atoms with Gasteiger partial charge in [-0.1, -0.05) is 48.5 Å².